The van der Waals surface area contributed by atoms with Gasteiger partial charge in [-0.1, -0.05) is 0 Å². The van der Waals surface area contributed by atoms with Crippen molar-refractivity contribution < 1.29 is 13.6 Å². The summed E-state index contributed by atoms with van der Waals surface area (Å²) in [7, 11) is 0. The minimum absolute atomic E-state index is 0.178. The van der Waals surface area contributed by atoms with E-state index in [0.29, 0.717) is 6.42 Å². The third kappa shape index (κ3) is 3.96. The van der Waals surface area contributed by atoms with Crippen LogP contribution < -0.4 is 11.1 Å². The Kier molecular flexibility index (Phi) is 5.55. The number of nitrogens with one attached hydrogen (secondary N) is 1. The summed E-state index contributed by atoms with van der Waals surface area (Å²) in [6.45, 7) is 1.45. The molecule has 6 heteroatoms. The van der Waals surface area contributed by atoms with Gasteiger partial charge in [-0.15, -0.1) is 0 Å². The molecule has 0 aromatic heterocycles. The fraction of sp³-hybridized carbons (Fsp3) is 0.417. The summed E-state index contributed by atoms with van der Waals surface area (Å²) in [4.78, 5) is 11.6. The third-order valence-corrected chi connectivity index (χ3v) is 3.12. The van der Waals surface area contributed by atoms with Gasteiger partial charge >= 0.3 is 0 Å². The maximum Gasteiger partial charge on any atom is 0.241 e. The van der Waals surface area contributed by atoms with Crippen molar-refractivity contribution in [2.24, 2.45) is 5.73 Å². The highest BCUT2D eigenvalue weighted by Gasteiger charge is 2.16. The molecule has 100 valence electrons. The Hall–Kier alpha value is -1.14. The predicted octanol–water partition coefficient (Wildman–Crippen LogP) is 2.29. The van der Waals surface area contributed by atoms with E-state index in [1.165, 1.54) is 6.92 Å². The van der Waals surface area contributed by atoms with E-state index in [4.69, 9.17) is 5.73 Å². The smallest absolute Gasteiger partial charge is 0.241 e. The van der Waals surface area contributed by atoms with Gasteiger partial charge in [0.1, 0.15) is 11.6 Å². The summed E-state index contributed by atoms with van der Waals surface area (Å²) < 4.78 is 26.7. The molecule has 1 amide bonds. The molecule has 0 saturated carbocycles. The lowest BCUT2D eigenvalue weighted by Gasteiger charge is -2.12. The summed E-state index contributed by atoms with van der Waals surface area (Å²) in [5.41, 5.74) is 5.64. The molecule has 1 aromatic carbocycles. The lowest BCUT2D eigenvalue weighted by Crippen LogP contribution is -2.36. The second kappa shape index (κ2) is 6.70. The zero-order valence-corrected chi connectivity index (χ0v) is 11.1. The molecule has 0 aliphatic rings. The number of nitrogens with two attached hydrogens (primary N) is 1. The van der Waals surface area contributed by atoms with E-state index in [1.54, 1.807) is 11.8 Å². The van der Waals surface area contributed by atoms with Crippen molar-refractivity contribution in [1.29, 1.82) is 0 Å². The van der Waals surface area contributed by atoms with Crippen molar-refractivity contribution in [3.8, 4) is 0 Å². The van der Waals surface area contributed by atoms with Crippen LogP contribution in [0.1, 0.15) is 12.0 Å². The normalized spacial score (nSPS) is 12.3. The van der Waals surface area contributed by atoms with Crippen LogP contribution in [0.25, 0.3) is 0 Å². The number of aryl methyl sites for hydroxylation is 1. The van der Waals surface area contributed by atoms with Gasteiger partial charge < -0.3 is 11.1 Å². The van der Waals surface area contributed by atoms with Crippen molar-refractivity contribution in [3.05, 3.63) is 29.3 Å². The summed E-state index contributed by atoms with van der Waals surface area (Å²) in [6, 6.07) is 1.28. The Balaban J connectivity index is 2.72. The molecule has 3 N–H and O–H groups in total. The van der Waals surface area contributed by atoms with E-state index in [1.807, 2.05) is 6.26 Å². The van der Waals surface area contributed by atoms with Crippen molar-refractivity contribution in [2.45, 2.75) is 19.4 Å². The van der Waals surface area contributed by atoms with E-state index in [9.17, 15) is 13.6 Å². The van der Waals surface area contributed by atoms with Gasteiger partial charge in [-0.2, -0.15) is 11.8 Å². The van der Waals surface area contributed by atoms with Gasteiger partial charge in [0.2, 0.25) is 5.91 Å². The van der Waals surface area contributed by atoms with Crippen molar-refractivity contribution in [1.82, 2.24) is 0 Å². The SMILES string of the molecule is CSCC[C@@H](N)C(=O)Nc1cc(F)c(C)cc1F. The van der Waals surface area contributed by atoms with E-state index in [-0.39, 0.29) is 11.3 Å². The maximum absolute atomic E-state index is 13.5. The molecule has 0 saturated heterocycles. The molecule has 1 aromatic rings. The van der Waals surface area contributed by atoms with Crippen LogP contribution in [0, 0.1) is 18.6 Å². The standard InChI is InChI=1S/C12H16F2N2OS/c1-7-5-9(14)11(6-8(7)13)16-12(17)10(15)3-4-18-2/h5-6,10H,3-4,15H2,1-2H3,(H,16,17)/t10-/m1/s1. The molecular weight excluding hydrogens is 258 g/mol. The largest absolute Gasteiger partial charge is 0.322 e. The quantitative estimate of drug-likeness (QED) is 0.866. The molecule has 18 heavy (non-hydrogen) atoms. The second-order valence-corrected chi connectivity index (χ2v) is 4.94. The first kappa shape index (κ1) is 14.9. The summed E-state index contributed by atoms with van der Waals surface area (Å²) in [6.07, 6.45) is 2.39. The topological polar surface area (TPSA) is 55.1 Å². The molecular formula is C12H16F2N2OS. The molecule has 0 aliphatic carbocycles. The fourth-order valence-electron chi connectivity index (χ4n) is 1.34. The third-order valence-electron chi connectivity index (χ3n) is 2.48. The van der Waals surface area contributed by atoms with Crippen LogP contribution in [-0.4, -0.2) is 24.0 Å². The molecule has 0 radical (unpaired) electrons. The summed E-state index contributed by atoms with van der Waals surface area (Å²) in [5, 5.41) is 2.30. The number of halogens is 2. The highest BCUT2D eigenvalue weighted by Crippen LogP contribution is 2.19. The average Bonchev–Trinajstić information content (AvgIpc) is 2.32. The zero-order valence-electron chi connectivity index (χ0n) is 10.3. The molecule has 0 spiro atoms. The molecule has 0 aliphatic heterocycles. The number of hydrogen-bond acceptors (Lipinski definition) is 3. The predicted molar refractivity (Wildman–Crippen MR) is 70.7 cm³/mol. The van der Waals surface area contributed by atoms with E-state index >= 15 is 0 Å². The second-order valence-electron chi connectivity index (χ2n) is 3.96. The molecule has 0 unspecified atom stereocenters. The highest BCUT2D eigenvalue weighted by molar-refractivity contribution is 7.98. The minimum Gasteiger partial charge on any atom is -0.322 e. The number of rotatable bonds is 5. The first-order valence-corrected chi connectivity index (χ1v) is 6.86. The molecule has 3 nitrogen and oxygen atoms in total. The number of carbonyl (C=O) groups excluding carboxylic acids is 1. The van der Waals surface area contributed by atoms with Gasteiger partial charge in [0.15, 0.2) is 0 Å². The van der Waals surface area contributed by atoms with Crippen LogP contribution in [0.3, 0.4) is 0 Å². The highest BCUT2D eigenvalue weighted by atomic mass is 32.2. The average molecular weight is 274 g/mol. The zero-order chi connectivity index (χ0) is 13.7. The lowest BCUT2D eigenvalue weighted by molar-refractivity contribution is -0.117. The van der Waals surface area contributed by atoms with Gasteiger partial charge in [0, 0.05) is 6.07 Å². The lowest BCUT2D eigenvalue weighted by atomic mass is 10.2. The van der Waals surface area contributed by atoms with Crippen LogP contribution in [0.4, 0.5) is 14.5 Å². The van der Waals surface area contributed by atoms with Crippen LogP contribution in [0.5, 0.6) is 0 Å². The number of thioether (sulfide) groups is 1. The first-order chi connectivity index (χ1) is 8.45. The number of benzene rings is 1. The monoisotopic (exact) mass is 274 g/mol. The minimum atomic E-state index is -0.721. The fourth-order valence-corrected chi connectivity index (χ4v) is 1.83. The van der Waals surface area contributed by atoms with E-state index < -0.39 is 23.6 Å². The van der Waals surface area contributed by atoms with Crippen LogP contribution >= 0.6 is 11.8 Å². The number of hydrogen-bond donors (Lipinski definition) is 2. The van der Waals surface area contributed by atoms with Crippen molar-refractivity contribution in [2.75, 3.05) is 17.3 Å². The van der Waals surface area contributed by atoms with E-state index in [0.717, 1.165) is 17.9 Å². The van der Waals surface area contributed by atoms with E-state index in [2.05, 4.69) is 5.32 Å². The number of anilines is 1. The maximum atomic E-state index is 13.5. The van der Waals surface area contributed by atoms with Crippen molar-refractivity contribution >= 4 is 23.4 Å². The van der Waals surface area contributed by atoms with Gasteiger partial charge in [-0.25, -0.2) is 8.78 Å². The Labute approximate surface area is 109 Å². The Morgan fingerprint density at radius 1 is 1.44 bits per heavy atom. The van der Waals surface area contributed by atoms with Crippen LogP contribution in [0.2, 0.25) is 0 Å². The van der Waals surface area contributed by atoms with Crippen LogP contribution in [0.15, 0.2) is 12.1 Å². The Morgan fingerprint density at radius 3 is 2.72 bits per heavy atom. The van der Waals surface area contributed by atoms with Gasteiger partial charge in [-0.3, -0.25) is 4.79 Å². The molecule has 0 fully saturated rings. The van der Waals surface area contributed by atoms with Gasteiger partial charge in [0.05, 0.1) is 11.7 Å². The summed E-state index contributed by atoms with van der Waals surface area (Å²) >= 11 is 1.57. The Bertz CT molecular complexity index is 440. The molecule has 1 atom stereocenters. The number of amides is 1. The first-order valence-electron chi connectivity index (χ1n) is 5.46. The van der Waals surface area contributed by atoms with Crippen LogP contribution in [-0.2, 0) is 4.79 Å². The van der Waals surface area contributed by atoms with Gasteiger partial charge in [0.25, 0.3) is 0 Å². The number of carbonyl (C=O) groups is 1. The molecule has 0 bridgehead atoms. The summed E-state index contributed by atoms with van der Waals surface area (Å²) in [5.74, 6) is -1.01. The molecule has 1 rings (SSSR count). The molecule has 0 heterocycles. The Morgan fingerprint density at radius 2 is 2.11 bits per heavy atom. The van der Waals surface area contributed by atoms with Gasteiger partial charge in [-0.05, 0) is 37.0 Å². The van der Waals surface area contributed by atoms with Crippen molar-refractivity contribution in [3.63, 3.8) is 0 Å².